The van der Waals surface area contributed by atoms with Gasteiger partial charge in [0.05, 0.1) is 24.5 Å². The molecule has 5 N–H and O–H groups in total. The van der Waals surface area contributed by atoms with Gasteiger partial charge in [0.15, 0.2) is 6.29 Å². The van der Waals surface area contributed by atoms with E-state index in [4.69, 9.17) is 14.2 Å². The summed E-state index contributed by atoms with van der Waals surface area (Å²) in [6.07, 6.45) is -3.53. The molecule has 1 aromatic heterocycles. The Labute approximate surface area is 207 Å². The Bertz CT molecular complexity index is 1210. The highest BCUT2D eigenvalue weighted by Gasteiger charge is 2.51. The molecule has 9 atom stereocenters. The quantitative estimate of drug-likeness (QED) is 0.383. The van der Waals surface area contributed by atoms with E-state index in [2.05, 4.69) is 17.6 Å². The van der Waals surface area contributed by atoms with Crippen molar-refractivity contribution < 1.29 is 39.4 Å². The fraction of sp³-hybridized carbons (Fsp3) is 0.500. The Balaban J connectivity index is 1.28. The van der Waals surface area contributed by atoms with Crippen molar-refractivity contribution in [3.63, 3.8) is 0 Å². The highest BCUT2D eigenvalue weighted by molar-refractivity contribution is 5.96. The van der Waals surface area contributed by atoms with E-state index >= 15 is 0 Å². The van der Waals surface area contributed by atoms with Gasteiger partial charge < -0.3 is 44.5 Å². The largest absolute Gasteiger partial charge is 0.471 e. The summed E-state index contributed by atoms with van der Waals surface area (Å²) < 4.78 is 17.2. The van der Waals surface area contributed by atoms with E-state index in [1.807, 2.05) is 23.1 Å². The van der Waals surface area contributed by atoms with Gasteiger partial charge in [0, 0.05) is 35.0 Å². The maximum atomic E-state index is 13.5. The molecule has 1 aromatic carbocycles. The van der Waals surface area contributed by atoms with Gasteiger partial charge >= 0.3 is 0 Å². The summed E-state index contributed by atoms with van der Waals surface area (Å²) in [6.45, 7) is 4.01. The van der Waals surface area contributed by atoms with Gasteiger partial charge in [0.1, 0.15) is 24.4 Å². The predicted molar refractivity (Wildman–Crippen MR) is 126 cm³/mol. The van der Waals surface area contributed by atoms with E-state index in [1.165, 1.54) is 17.2 Å². The number of aromatic amines is 1. The van der Waals surface area contributed by atoms with Crippen LogP contribution in [0.25, 0.3) is 10.9 Å². The van der Waals surface area contributed by atoms with Crippen LogP contribution in [0, 0.1) is 11.8 Å². The summed E-state index contributed by atoms with van der Waals surface area (Å²) in [5.74, 6) is -0.783. The lowest BCUT2D eigenvalue weighted by molar-refractivity contribution is -0.339. The van der Waals surface area contributed by atoms with Crippen molar-refractivity contribution in [2.45, 2.75) is 55.9 Å². The van der Waals surface area contributed by atoms with Crippen LogP contribution >= 0.6 is 0 Å². The van der Waals surface area contributed by atoms with Crippen molar-refractivity contribution >= 4 is 16.8 Å². The van der Waals surface area contributed by atoms with E-state index in [0.717, 1.165) is 17.6 Å². The molecule has 10 nitrogen and oxygen atoms in total. The molecule has 10 heteroatoms. The van der Waals surface area contributed by atoms with Crippen LogP contribution in [0.1, 0.15) is 23.7 Å². The molecule has 0 radical (unpaired) electrons. The minimum Gasteiger partial charge on any atom is -0.471 e. The normalized spacial score (nSPS) is 38.0. The number of hydrogen-bond acceptors (Lipinski definition) is 8. The SMILES string of the molecule is C=CC1C(OC2OC(CO)C(O)C(O)C2O)OC=C2C(=O)N3CCc4c([nH]c5ccccc45)[C@H]3C[C@H]21. The number of nitrogens with zero attached hydrogens (tertiary/aromatic N) is 1. The number of aromatic nitrogens is 1. The zero-order chi connectivity index (χ0) is 25.1. The molecule has 7 unspecified atom stereocenters. The molecule has 1 amide bonds. The number of nitrogens with one attached hydrogen (secondary N) is 1. The Morgan fingerprint density at radius 3 is 2.75 bits per heavy atom. The molecule has 0 spiro atoms. The molecular weight excluding hydrogens is 468 g/mol. The third-order valence-corrected chi connectivity index (χ3v) is 8.04. The molecule has 6 rings (SSSR count). The van der Waals surface area contributed by atoms with Gasteiger partial charge in [-0.3, -0.25) is 4.79 Å². The van der Waals surface area contributed by atoms with E-state index < -0.39 is 49.5 Å². The zero-order valence-corrected chi connectivity index (χ0v) is 19.6. The molecule has 36 heavy (non-hydrogen) atoms. The molecule has 2 fully saturated rings. The van der Waals surface area contributed by atoms with Crippen molar-refractivity contribution in [2.24, 2.45) is 11.8 Å². The second-order valence-corrected chi connectivity index (χ2v) is 9.89. The van der Waals surface area contributed by atoms with E-state index in [-0.39, 0.29) is 17.9 Å². The number of carbonyl (C=O) groups excluding carboxylic acids is 1. The summed E-state index contributed by atoms with van der Waals surface area (Å²) in [6, 6.07) is 8.01. The maximum Gasteiger partial charge on any atom is 0.253 e. The third kappa shape index (κ3) is 3.52. The number of ether oxygens (including phenoxy) is 3. The number of amides is 1. The highest BCUT2D eigenvalue weighted by atomic mass is 16.8. The number of aliphatic hydroxyl groups is 4. The summed E-state index contributed by atoms with van der Waals surface area (Å²) >= 11 is 0. The monoisotopic (exact) mass is 498 g/mol. The lowest BCUT2D eigenvalue weighted by atomic mass is 9.74. The molecule has 2 aromatic rings. The lowest BCUT2D eigenvalue weighted by Crippen LogP contribution is -2.60. The second-order valence-electron chi connectivity index (χ2n) is 9.89. The maximum absolute atomic E-state index is 13.5. The molecule has 0 aliphatic carbocycles. The van der Waals surface area contributed by atoms with Gasteiger partial charge in [0.25, 0.3) is 5.91 Å². The summed E-state index contributed by atoms with van der Waals surface area (Å²) in [5.41, 5.74) is 3.89. The van der Waals surface area contributed by atoms with Crippen molar-refractivity contribution in [2.75, 3.05) is 13.2 Å². The van der Waals surface area contributed by atoms with Gasteiger partial charge in [0.2, 0.25) is 6.29 Å². The Kier molecular flexibility index (Phi) is 5.90. The van der Waals surface area contributed by atoms with Gasteiger partial charge in [-0.05, 0) is 24.5 Å². The van der Waals surface area contributed by atoms with Gasteiger partial charge in [-0.15, -0.1) is 6.58 Å². The van der Waals surface area contributed by atoms with Gasteiger partial charge in [-0.25, -0.2) is 0 Å². The van der Waals surface area contributed by atoms with Crippen LogP contribution in [-0.4, -0.2) is 86.4 Å². The lowest BCUT2D eigenvalue weighted by Gasteiger charge is -2.48. The Morgan fingerprint density at radius 2 is 1.97 bits per heavy atom. The molecule has 4 aliphatic heterocycles. The van der Waals surface area contributed by atoms with Crippen LogP contribution in [-0.2, 0) is 25.4 Å². The minimum atomic E-state index is -1.56. The molecule has 0 bridgehead atoms. The van der Waals surface area contributed by atoms with Crippen LogP contribution in [0.2, 0.25) is 0 Å². The first kappa shape index (κ1) is 23.7. The molecule has 4 aliphatic rings. The third-order valence-electron chi connectivity index (χ3n) is 8.04. The van der Waals surface area contributed by atoms with Crippen molar-refractivity contribution in [3.8, 4) is 0 Å². The Morgan fingerprint density at radius 1 is 1.17 bits per heavy atom. The number of piperidine rings is 1. The molecule has 0 saturated carbocycles. The second kappa shape index (κ2) is 8.98. The number of hydrogen-bond donors (Lipinski definition) is 5. The van der Waals surface area contributed by atoms with Crippen molar-refractivity contribution in [1.29, 1.82) is 0 Å². The number of rotatable bonds is 4. The molecular formula is C26H30N2O8. The number of carbonyl (C=O) groups is 1. The smallest absolute Gasteiger partial charge is 0.253 e. The van der Waals surface area contributed by atoms with E-state index in [0.29, 0.717) is 18.5 Å². The van der Waals surface area contributed by atoms with Crippen LogP contribution < -0.4 is 0 Å². The fourth-order valence-electron chi connectivity index (χ4n) is 6.13. The van der Waals surface area contributed by atoms with Crippen LogP contribution in [0.4, 0.5) is 0 Å². The molecule has 5 heterocycles. The fourth-order valence-corrected chi connectivity index (χ4v) is 6.13. The topological polar surface area (TPSA) is 145 Å². The first-order chi connectivity index (χ1) is 17.4. The average Bonchev–Trinajstić information content (AvgIpc) is 3.28. The first-order valence-corrected chi connectivity index (χ1v) is 12.3. The highest BCUT2D eigenvalue weighted by Crippen LogP contribution is 2.48. The van der Waals surface area contributed by atoms with Crippen LogP contribution in [0.5, 0.6) is 0 Å². The predicted octanol–water partition coefficient (Wildman–Crippen LogP) is 0.473. The number of H-pyrrole nitrogens is 1. The van der Waals surface area contributed by atoms with Gasteiger partial charge in [-0.2, -0.15) is 0 Å². The summed E-state index contributed by atoms with van der Waals surface area (Å²) in [4.78, 5) is 19.0. The Hall–Kier alpha value is -2.73. The molecule has 2 saturated heterocycles. The number of benzene rings is 1. The van der Waals surface area contributed by atoms with Crippen molar-refractivity contribution in [3.05, 3.63) is 60.0 Å². The average molecular weight is 499 g/mol. The first-order valence-electron chi connectivity index (χ1n) is 12.3. The van der Waals surface area contributed by atoms with E-state index in [9.17, 15) is 25.2 Å². The number of fused-ring (bicyclic) bond motifs is 6. The van der Waals surface area contributed by atoms with Gasteiger partial charge in [-0.1, -0.05) is 24.3 Å². The van der Waals surface area contributed by atoms with Crippen LogP contribution in [0.15, 0.2) is 48.8 Å². The van der Waals surface area contributed by atoms with E-state index in [1.54, 1.807) is 6.08 Å². The number of aliphatic hydroxyl groups excluding tert-OH is 4. The van der Waals surface area contributed by atoms with Crippen molar-refractivity contribution in [1.82, 2.24) is 9.88 Å². The number of para-hydroxylation sites is 1. The zero-order valence-electron chi connectivity index (χ0n) is 19.6. The standard InChI is InChI=1S/C26H30N2O8/c1-2-12-15-9-18-20-14(13-5-3-4-6-17(13)27-20)7-8-28(18)24(33)16(15)11-34-25(12)36-26-23(32)22(31)21(30)19(10-29)35-26/h2-6,11-12,15,18-19,21-23,25-27,29-32H,1,7-10H2/t12?,15-,18+,19?,21?,22?,23?,25?,26?/m0/s1. The van der Waals surface area contributed by atoms with Crippen LogP contribution in [0.3, 0.4) is 0 Å². The molecule has 192 valence electrons. The summed E-state index contributed by atoms with van der Waals surface area (Å²) in [5, 5.41) is 41.3. The minimum absolute atomic E-state index is 0.0845. The summed E-state index contributed by atoms with van der Waals surface area (Å²) in [7, 11) is 0.